The highest BCUT2D eigenvalue weighted by Crippen LogP contribution is 2.25. The average molecular weight is 285 g/mol. The summed E-state index contributed by atoms with van der Waals surface area (Å²) in [5.74, 6) is 0.918. The van der Waals surface area contributed by atoms with Crippen LogP contribution in [0.2, 0.25) is 0 Å². The number of hydrogen-bond donors (Lipinski definition) is 2. The molecule has 0 atom stereocenters. The minimum Gasteiger partial charge on any atom is -0.369 e. The number of nitrogens with zero attached hydrogens (tertiary/aromatic N) is 3. The molecular weight excluding hydrogens is 269 g/mol. The summed E-state index contributed by atoms with van der Waals surface area (Å²) in [5.41, 5.74) is 1.89. The minimum absolute atomic E-state index is 0.310. The zero-order valence-corrected chi connectivity index (χ0v) is 11.9. The maximum Gasteiger partial charge on any atom is 0.180 e. The summed E-state index contributed by atoms with van der Waals surface area (Å²) in [7, 11) is 0. The zero-order valence-electron chi connectivity index (χ0n) is 11.9. The quantitative estimate of drug-likeness (QED) is 0.772. The number of imidazole rings is 1. The highest BCUT2D eigenvalue weighted by Gasteiger charge is 2.11. The molecule has 0 amide bonds. The van der Waals surface area contributed by atoms with E-state index in [0.717, 1.165) is 12.1 Å². The second-order valence-electron chi connectivity index (χ2n) is 4.72. The number of nitrogens with one attached hydrogen (secondary N) is 2. The molecule has 2 aromatic heterocycles. The van der Waals surface area contributed by atoms with Gasteiger partial charge in [0, 0.05) is 18.9 Å². The number of halogens is 1. The lowest BCUT2D eigenvalue weighted by atomic mass is 10.2. The Morgan fingerprint density at radius 1 is 1.33 bits per heavy atom. The van der Waals surface area contributed by atoms with Crippen LogP contribution in [0.25, 0.3) is 5.65 Å². The van der Waals surface area contributed by atoms with Crippen LogP contribution >= 0.6 is 0 Å². The maximum atomic E-state index is 14.0. The zero-order chi connectivity index (χ0) is 14.8. The summed E-state index contributed by atoms with van der Waals surface area (Å²) in [6, 6.07) is 4.96. The molecule has 0 aliphatic carbocycles. The molecule has 5 nitrogen and oxygen atoms in total. The lowest BCUT2D eigenvalue weighted by Crippen LogP contribution is -2.06. The first-order chi connectivity index (χ1) is 10.2. The number of fused-ring (bicyclic) bond motifs is 1. The lowest BCUT2D eigenvalue weighted by Gasteiger charge is -2.12. The number of rotatable bonds is 4. The standard InChI is InChI=1S/C15H16FN5/c1-3-17-12-9-21-8-7-18-15(21)14(19-12)20-13-10(2)5-4-6-11(13)16/h4-9,17H,3H2,1-2H3,(H,19,20). The number of aryl methyl sites for hydroxylation is 1. The SMILES string of the molecule is CCNc1cn2ccnc2c(Nc2c(C)cccc2F)n1. The van der Waals surface area contributed by atoms with Crippen molar-refractivity contribution in [2.45, 2.75) is 13.8 Å². The van der Waals surface area contributed by atoms with E-state index in [1.165, 1.54) is 6.07 Å². The van der Waals surface area contributed by atoms with Gasteiger partial charge in [0.15, 0.2) is 11.5 Å². The highest BCUT2D eigenvalue weighted by atomic mass is 19.1. The van der Waals surface area contributed by atoms with Crippen molar-refractivity contribution in [1.82, 2.24) is 14.4 Å². The fraction of sp³-hybridized carbons (Fsp3) is 0.200. The summed E-state index contributed by atoms with van der Waals surface area (Å²) in [6.45, 7) is 4.60. The molecule has 0 fully saturated rings. The Hall–Kier alpha value is -2.63. The van der Waals surface area contributed by atoms with E-state index in [0.29, 0.717) is 23.0 Å². The van der Waals surface area contributed by atoms with Crippen molar-refractivity contribution in [2.75, 3.05) is 17.2 Å². The highest BCUT2D eigenvalue weighted by molar-refractivity contribution is 5.73. The Balaban J connectivity index is 2.09. The molecule has 0 saturated heterocycles. The molecule has 0 aliphatic rings. The summed E-state index contributed by atoms with van der Waals surface area (Å²) in [5, 5.41) is 6.21. The summed E-state index contributed by atoms with van der Waals surface area (Å²) >= 11 is 0. The van der Waals surface area contributed by atoms with Crippen molar-refractivity contribution >= 4 is 23.0 Å². The van der Waals surface area contributed by atoms with Gasteiger partial charge in [-0.1, -0.05) is 12.1 Å². The first-order valence-electron chi connectivity index (χ1n) is 6.78. The van der Waals surface area contributed by atoms with Crippen molar-refractivity contribution < 1.29 is 4.39 Å². The van der Waals surface area contributed by atoms with Gasteiger partial charge in [0.05, 0.1) is 11.9 Å². The van der Waals surface area contributed by atoms with Crippen LogP contribution in [0.1, 0.15) is 12.5 Å². The van der Waals surface area contributed by atoms with Gasteiger partial charge in [-0.2, -0.15) is 0 Å². The second-order valence-corrected chi connectivity index (χ2v) is 4.72. The monoisotopic (exact) mass is 285 g/mol. The van der Waals surface area contributed by atoms with Gasteiger partial charge in [0.2, 0.25) is 0 Å². The van der Waals surface area contributed by atoms with Gasteiger partial charge >= 0.3 is 0 Å². The van der Waals surface area contributed by atoms with Crippen LogP contribution in [0.3, 0.4) is 0 Å². The van der Waals surface area contributed by atoms with Gasteiger partial charge in [-0.3, -0.25) is 0 Å². The molecule has 0 spiro atoms. The van der Waals surface area contributed by atoms with Crippen LogP contribution in [0, 0.1) is 12.7 Å². The molecule has 0 saturated carbocycles. The molecule has 108 valence electrons. The molecule has 3 rings (SSSR count). The normalized spacial score (nSPS) is 10.8. The molecule has 0 aliphatic heterocycles. The molecule has 21 heavy (non-hydrogen) atoms. The third-order valence-electron chi connectivity index (χ3n) is 3.20. The van der Waals surface area contributed by atoms with Crippen LogP contribution in [-0.2, 0) is 0 Å². The Morgan fingerprint density at radius 3 is 2.95 bits per heavy atom. The molecular formula is C15H16FN5. The first-order valence-corrected chi connectivity index (χ1v) is 6.78. The predicted octanol–water partition coefficient (Wildman–Crippen LogP) is 3.35. The lowest BCUT2D eigenvalue weighted by molar-refractivity contribution is 0.631. The molecule has 6 heteroatoms. The summed E-state index contributed by atoms with van der Waals surface area (Å²) in [4.78, 5) is 8.73. The summed E-state index contributed by atoms with van der Waals surface area (Å²) < 4.78 is 15.8. The van der Waals surface area contributed by atoms with E-state index in [1.54, 1.807) is 12.3 Å². The topological polar surface area (TPSA) is 54.2 Å². The van der Waals surface area contributed by atoms with Gasteiger partial charge in [0.25, 0.3) is 0 Å². The Bertz CT molecular complexity index is 761. The van der Waals surface area contributed by atoms with E-state index >= 15 is 0 Å². The smallest absolute Gasteiger partial charge is 0.180 e. The fourth-order valence-corrected chi connectivity index (χ4v) is 2.19. The van der Waals surface area contributed by atoms with E-state index in [-0.39, 0.29) is 5.82 Å². The van der Waals surface area contributed by atoms with E-state index in [2.05, 4.69) is 20.6 Å². The number of para-hydroxylation sites is 1. The number of benzene rings is 1. The maximum absolute atomic E-state index is 14.0. The van der Waals surface area contributed by atoms with Crippen LogP contribution in [0.4, 0.5) is 21.7 Å². The Morgan fingerprint density at radius 2 is 2.19 bits per heavy atom. The van der Waals surface area contributed by atoms with E-state index in [9.17, 15) is 4.39 Å². The third-order valence-corrected chi connectivity index (χ3v) is 3.20. The van der Waals surface area contributed by atoms with E-state index in [4.69, 9.17) is 0 Å². The van der Waals surface area contributed by atoms with Crippen molar-refractivity contribution in [3.8, 4) is 0 Å². The van der Waals surface area contributed by atoms with Crippen molar-refractivity contribution in [1.29, 1.82) is 0 Å². The number of anilines is 3. The molecule has 2 N–H and O–H groups in total. The molecule has 1 aromatic carbocycles. The second kappa shape index (κ2) is 5.40. The Labute approximate surface area is 121 Å². The van der Waals surface area contributed by atoms with Crippen LogP contribution in [-0.4, -0.2) is 20.9 Å². The fourth-order valence-electron chi connectivity index (χ4n) is 2.19. The minimum atomic E-state index is -0.310. The first kappa shape index (κ1) is 13.4. The third kappa shape index (κ3) is 2.52. The predicted molar refractivity (Wildman–Crippen MR) is 81.6 cm³/mol. The molecule has 0 radical (unpaired) electrons. The molecule has 3 aromatic rings. The largest absolute Gasteiger partial charge is 0.369 e. The van der Waals surface area contributed by atoms with Crippen LogP contribution < -0.4 is 10.6 Å². The van der Waals surface area contributed by atoms with Gasteiger partial charge in [-0.25, -0.2) is 14.4 Å². The molecule has 0 unspecified atom stereocenters. The van der Waals surface area contributed by atoms with Gasteiger partial charge < -0.3 is 15.0 Å². The van der Waals surface area contributed by atoms with Crippen molar-refractivity contribution in [3.05, 3.63) is 48.2 Å². The average Bonchev–Trinajstić information content (AvgIpc) is 2.92. The van der Waals surface area contributed by atoms with Gasteiger partial charge in [-0.05, 0) is 25.5 Å². The van der Waals surface area contributed by atoms with Crippen LogP contribution in [0.15, 0.2) is 36.8 Å². The Kier molecular flexibility index (Phi) is 3.43. The van der Waals surface area contributed by atoms with Gasteiger partial charge in [-0.15, -0.1) is 0 Å². The van der Waals surface area contributed by atoms with E-state index < -0.39 is 0 Å². The molecule has 0 bridgehead atoms. The number of aromatic nitrogens is 3. The van der Waals surface area contributed by atoms with Crippen molar-refractivity contribution in [3.63, 3.8) is 0 Å². The summed E-state index contributed by atoms with van der Waals surface area (Å²) in [6.07, 6.45) is 5.37. The van der Waals surface area contributed by atoms with Crippen LogP contribution in [0.5, 0.6) is 0 Å². The molecule has 2 heterocycles. The number of hydrogen-bond acceptors (Lipinski definition) is 4. The van der Waals surface area contributed by atoms with Crippen molar-refractivity contribution in [2.24, 2.45) is 0 Å². The van der Waals surface area contributed by atoms with Gasteiger partial charge in [0.1, 0.15) is 11.6 Å². The van der Waals surface area contributed by atoms with E-state index in [1.807, 2.05) is 36.7 Å².